The van der Waals surface area contributed by atoms with Crippen molar-refractivity contribution >= 4 is 33.2 Å². The van der Waals surface area contributed by atoms with Crippen LogP contribution in [0, 0.1) is 11.3 Å². The van der Waals surface area contributed by atoms with Gasteiger partial charge >= 0.3 is 0 Å². The molecule has 2 amide bonds. The molecular formula is C20H31N3O4S2. The van der Waals surface area contributed by atoms with Crippen LogP contribution in [-0.2, 0) is 26.2 Å². The van der Waals surface area contributed by atoms with Gasteiger partial charge in [-0.25, -0.2) is 8.42 Å². The molecule has 2 aliphatic rings. The minimum atomic E-state index is -3.40. The lowest BCUT2D eigenvalue weighted by Gasteiger charge is -2.35. The molecule has 0 radical (unpaired) electrons. The average molecular weight is 442 g/mol. The van der Waals surface area contributed by atoms with E-state index in [-0.39, 0.29) is 17.7 Å². The molecule has 0 atom stereocenters. The Bertz CT molecular complexity index is 843. The van der Waals surface area contributed by atoms with Crippen LogP contribution in [0.1, 0.15) is 51.3 Å². The van der Waals surface area contributed by atoms with Crippen LogP contribution in [0.15, 0.2) is 16.3 Å². The second kappa shape index (κ2) is 8.73. The summed E-state index contributed by atoms with van der Waals surface area (Å²) < 4.78 is 27.1. The van der Waals surface area contributed by atoms with Gasteiger partial charge in [0, 0.05) is 42.4 Å². The Hall–Kier alpha value is -1.45. The molecule has 1 aromatic heterocycles. The molecular weight excluding hydrogens is 410 g/mol. The number of hydrogen-bond acceptors (Lipinski definition) is 5. The number of nitrogens with zero attached hydrogens (tertiary/aromatic N) is 2. The van der Waals surface area contributed by atoms with E-state index in [0.717, 1.165) is 17.7 Å². The van der Waals surface area contributed by atoms with Crippen LogP contribution in [-0.4, -0.2) is 55.6 Å². The van der Waals surface area contributed by atoms with Crippen LogP contribution >= 0.6 is 11.3 Å². The van der Waals surface area contributed by atoms with Gasteiger partial charge in [0.25, 0.3) is 10.0 Å². The molecule has 0 saturated carbocycles. The maximum Gasteiger partial charge on any atom is 0.252 e. The smallest absolute Gasteiger partial charge is 0.252 e. The second-order valence-electron chi connectivity index (χ2n) is 8.87. The maximum atomic E-state index is 12.6. The lowest BCUT2D eigenvalue weighted by atomic mass is 9.90. The van der Waals surface area contributed by atoms with Gasteiger partial charge in [0.2, 0.25) is 11.8 Å². The van der Waals surface area contributed by atoms with E-state index in [2.05, 4.69) is 5.32 Å². The maximum absolute atomic E-state index is 12.6. The molecule has 29 heavy (non-hydrogen) atoms. The molecule has 0 bridgehead atoms. The van der Waals surface area contributed by atoms with Crippen molar-refractivity contribution in [2.45, 2.75) is 57.2 Å². The molecule has 1 N–H and O–H groups in total. The molecule has 0 unspecified atom stereocenters. The van der Waals surface area contributed by atoms with E-state index >= 15 is 0 Å². The quantitative estimate of drug-likeness (QED) is 0.760. The molecule has 0 aromatic carbocycles. The first-order valence-electron chi connectivity index (χ1n) is 10.2. The zero-order valence-electron chi connectivity index (χ0n) is 17.4. The summed E-state index contributed by atoms with van der Waals surface area (Å²) in [6.45, 7) is 8.44. The zero-order valence-corrected chi connectivity index (χ0v) is 19.1. The molecule has 0 spiro atoms. The minimum absolute atomic E-state index is 0.0230. The summed E-state index contributed by atoms with van der Waals surface area (Å²) in [5.74, 6) is -0.00123. The Balaban J connectivity index is 1.49. The van der Waals surface area contributed by atoms with Gasteiger partial charge in [-0.15, -0.1) is 11.3 Å². The third-order valence-electron chi connectivity index (χ3n) is 5.53. The number of carbonyl (C=O) groups is 2. The summed E-state index contributed by atoms with van der Waals surface area (Å²) >= 11 is 1.23. The zero-order chi connectivity index (χ0) is 21.2. The van der Waals surface area contributed by atoms with Crippen LogP contribution in [0.5, 0.6) is 0 Å². The predicted molar refractivity (Wildman–Crippen MR) is 113 cm³/mol. The highest BCUT2D eigenvalue weighted by Crippen LogP contribution is 2.28. The Morgan fingerprint density at radius 3 is 2.31 bits per heavy atom. The van der Waals surface area contributed by atoms with E-state index in [9.17, 15) is 18.0 Å². The van der Waals surface area contributed by atoms with E-state index in [4.69, 9.17) is 0 Å². The molecule has 0 aliphatic carbocycles. The highest BCUT2D eigenvalue weighted by molar-refractivity contribution is 7.91. The summed E-state index contributed by atoms with van der Waals surface area (Å²) in [6, 6.07) is 3.41. The van der Waals surface area contributed by atoms with Gasteiger partial charge in [-0.3, -0.25) is 9.59 Å². The molecule has 2 saturated heterocycles. The van der Waals surface area contributed by atoms with Crippen LogP contribution in [0.4, 0.5) is 0 Å². The van der Waals surface area contributed by atoms with Crippen LogP contribution in [0.2, 0.25) is 0 Å². The molecule has 2 aliphatic heterocycles. The van der Waals surface area contributed by atoms with Gasteiger partial charge in [0.1, 0.15) is 4.21 Å². The number of rotatable bonds is 5. The number of thiophene rings is 1. The van der Waals surface area contributed by atoms with Crippen molar-refractivity contribution in [3.05, 3.63) is 17.0 Å². The molecule has 3 rings (SSSR count). The normalized spacial score (nSPS) is 19.5. The van der Waals surface area contributed by atoms with Crippen molar-refractivity contribution in [2.24, 2.45) is 11.3 Å². The van der Waals surface area contributed by atoms with Crippen molar-refractivity contribution in [1.29, 1.82) is 0 Å². The molecule has 1 aromatic rings. The molecule has 2 fully saturated rings. The topological polar surface area (TPSA) is 86.8 Å². The van der Waals surface area contributed by atoms with Crippen LogP contribution in [0.3, 0.4) is 0 Å². The predicted octanol–water partition coefficient (Wildman–Crippen LogP) is 2.43. The van der Waals surface area contributed by atoms with E-state index in [0.29, 0.717) is 49.8 Å². The second-order valence-corrected chi connectivity index (χ2v) is 12.2. The number of nitrogens with one attached hydrogen (secondary N) is 1. The first-order chi connectivity index (χ1) is 13.6. The van der Waals surface area contributed by atoms with Crippen molar-refractivity contribution in [2.75, 3.05) is 26.2 Å². The third-order valence-corrected chi connectivity index (χ3v) is 8.98. The van der Waals surface area contributed by atoms with Crippen molar-refractivity contribution in [3.8, 4) is 0 Å². The van der Waals surface area contributed by atoms with E-state index < -0.39 is 15.4 Å². The summed E-state index contributed by atoms with van der Waals surface area (Å²) in [4.78, 5) is 27.6. The van der Waals surface area contributed by atoms with Gasteiger partial charge < -0.3 is 10.2 Å². The average Bonchev–Trinajstić information content (AvgIpc) is 3.37. The van der Waals surface area contributed by atoms with E-state index in [1.165, 1.54) is 15.6 Å². The Morgan fingerprint density at radius 1 is 1.10 bits per heavy atom. The highest BCUT2D eigenvalue weighted by Gasteiger charge is 2.32. The van der Waals surface area contributed by atoms with Crippen molar-refractivity contribution in [1.82, 2.24) is 14.5 Å². The van der Waals surface area contributed by atoms with Crippen LogP contribution < -0.4 is 5.32 Å². The molecule has 162 valence electrons. The molecule has 3 heterocycles. The summed E-state index contributed by atoms with van der Waals surface area (Å²) in [5, 5.41) is 2.94. The first kappa shape index (κ1) is 22.2. The fraction of sp³-hybridized carbons (Fsp3) is 0.700. The van der Waals surface area contributed by atoms with Gasteiger partial charge in [-0.05, 0) is 37.8 Å². The van der Waals surface area contributed by atoms with Gasteiger partial charge in [-0.2, -0.15) is 4.31 Å². The highest BCUT2D eigenvalue weighted by atomic mass is 32.2. The van der Waals surface area contributed by atoms with Gasteiger partial charge in [0.15, 0.2) is 0 Å². The number of carbonyl (C=O) groups excluding carboxylic acids is 2. The summed E-state index contributed by atoms with van der Waals surface area (Å²) in [7, 11) is -3.40. The van der Waals surface area contributed by atoms with E-state index in [1.54, 1.807) is 12.1 Å². The van der Waals surface area contributed by atoms with Crippen molar-refractivity contribution in [3.63, 3.8) is 0 Å². The molecule has 9 heteroatoms. The van der Waals surface area contributed by atoms with Crippen molar-refractivity contribution < 1.29 is 18.0 Å². The Labute approximate surface area is 177 Å². The first-order valence-corrected chi connectivity index (χ1v) is 12.5. The SMILES string of the molecule is CC(C)(C)C(=O)N1CCC(C(=O)NCc2ccc(S(=O)(=O)N3CCCC3)s2)CC1. The monoisotopic (exact) mass is 441 g/mol. The molecule has 7 nitrogen and oxygen atoms in total. The summed E-state index contributed by atoms with van der Waals surface area (Å²) in [6.07, 6.45) is 3.14. The number of hydrogen-bond donors (Lipinski definition) is 1. The number of amides is 2. The van der Waals surface area contributed by atoms with Gasteiger partial charge in [0.05, 0.1) is 6.54 Å². The number of likely N-dealkylation sites (tertiary alicyclic amines) is 1. The lowest BCUT2D eigenvalue weighted by molar-refractivity contribution is -0.142. The Kier molecular flexibility index (Phi) is 6.70. The summed E-state index contributed by atoms with van der Waals surface area (Å²) in [5.41, 5.74) is -0.401. The lowest BCUT2D eigenvalue weighted by Crippen LogP contribution is -2.46. The van der Waals surface area contributed by atoms with E-state index in [1.807, 2.05) is 25.7 Å². The standard InChI is InChI=1S/C20H31N3O4S2/c1-20(2,3)19(25)22-12-8-15(9-13-22)18(24)21-14-16-6-7-17(28-16)29(26,27)23-10-4-5-11-23/h6-7,15H,4-5,8-14H2,1-3H3,(H,21,24). The van der Waals surface area contributed by atoms with Gasteiger partial charge in [-0.1, -0.05) is 20.8 Å². The fourth-order valence-electron chi connectivity index (χ4n) is 3.79. The third kappa shape index (κ3) is 5.19. The minimum Gasteiger partial charge on any atom is -0.351 e. The van der Waals surface area contributed by atoms with Crippen LogP contribution in [0.25, 0.3) is 0 Å². The Morgan fingerprint density at radius 2 is 1.72 bits per heavy atom. The number of piperidine rings is 1. The fourth-order valence-corrected chi connectivity index (χ4v) is 6.75. The number of sulfonamides is 1. The largest absolute Gasteiger partial charge is 0.351 e.